The van der Waals surface area contributed by atoms with E-state index in [4.69, 9.17) is 14.2 Å². The first-order valence-electron chi connectivity index (χ1n) is 8.29. The van der Waals surface area contributed by atoms with Gasteiger partial charge in [-0.3, -0.25) is 0 Å². The Kier molecular flexibility index (Phi) is 5.49. The molecular weight excluding hydrogens is 318 g/mol. The lowest BCUT2D eigenvalue weighted by atomic mass is 10.1. The first-order chi connectivity index (χ1) is 12.1. The second-order valence-electron chi connectivity index (χ2n) is 6.18. The molecule has 2 aromatic rings. The van der Waals surface area contributed by atoms with Crippen molar-refractivity contribution in [3.05, 3.63) is 59.7 Å². The molecule has 3 atom stereocenters. The SMILES string of the molecule is Cc1ccc(OC[C@H]2OC(N=C=O)C[C@@H]2Oc2ccc(C)cc2)cc1. The monoisotopic (exact) mass is 339 g/mol. The van der Waals surface area contributed by atoms with Crippen LogP contribution in [0.3, 0.4) is 0 Å². The minimum absolute atomic E-state index is 0.241. The summed E-state index contributed by atoms with van der Waals surface area (Å²) in [4.78, 5) is 14.2. The third-order valence-corrected chi connectivity index (χ3v) is 4.12. The van der Waals surface area contributed by atoms with Gasteiger partial charge in [0.2, 0.25) is 6.08 Å². The van der Waals surface area contributed by atoms with Gasteiger partial charge in [0.1, 0.15) is 30.3 Å². The number of ether oxygens (including phenoxy) is 3. The van der Waals surface area contributed by atoms with Crippen LogP contribution in [0, 0.1) is 13.8 Å². The van der Waals surface area contributed by atoms with Crippen molar-refractivity contribution >= 4 is 6.08 Å². The Balaban J connectivity index is 1.66. The van der Waals surface area contributed by atoms with Crippen molar-refractivity contribution < 1.29 is 19.0 Å². The summed E-state index contributed by atoms with van der Waals surface area (Å²) in [5.74, 6) is 1.53. The zero-order valence-electron chi connectivity index (χ0n) is 14.3. The molecule has 0 aliphatic carbocycles. The average molecular weight is 339 g/mol. The number of aliphatic imine (C=N–C) groups is 1. The van der Waals surface area contributed by atoms with Gasteiger partial charge in [0.25, 0.3) is 0 Å². The molecule has 0 N–H and O–H groups in total. The van der Waals surface area contributed by atoms with Crippen molar-refractivity contribution in [3.8, 4) is 11.5 Å². The molecule has 5 nitrogen and oxygen atoms in total. The van der Waals surface area contributed by atoms with Crippen molar-refractivity contribution in [1.82, 2.24) is 0 Å². The second-order valence-corrected chi connectivity index (χ2v) is 6.18. The van der Waals surface area contributed by atoms with Crippen LogP contribution < -0.4 is 9.47 Å². The Morgan fingerprint density at radius 2 is 1.64 bits per heavy atom. The first-order valence-corrected chi connectivity index (χ1v) is 8.29. The van der Waals surface area contributed by atoms with Crippen molar-refractivity contribution in [3.63, 3.8) is 0 Å². The van der Waals surface area contributed by atoms with Gasteiger partial charge in [-0.05, 0) is 38.1 Å². The fraction of sp³-hybridized carbons (Fsp3) is 0.350. The van der Waals surface area contributed by atoms with E-state index < -0.39 is 6.23 Å². The predicted molar refractivity (Wildman–Crippen MR) is 93.7 cm³/mol. The maximum absolute atomic E-state index is 10.5. The smallest absolute Gasteiger partial charge is 0.237 e. The summed E-state index contributed by atoms with van der Waals surface area (Å²) >= 11 is 0. The first kappa shape index (κ1) is 17.2. The summed E-state index contributed by atoms with van der Waals surface area (Å²) in [7, 11) is 0. The summed E-state index contributed by atoms with van der Waals surface area (Å²) in [6, 6.07) is 15.6. The number of aryl methyl sites for hydroxylation is 2. The Bertz CT molecular complexity index is 735. The molecule has 0 aromatic heterocycles. The second kappa shape index (κ2) is 7.97. The zero-order chi connectivity index (χ0) is 17.6. The summed E-state index contributed by atoms with van der Waals surface area (Å²) in [6.07, 6.45) is 0.949. The molecule has 0 saturated carbocycles. The van der Waals surface area contributed by atoms with Crippen molar-refractivity contribution in [1.29, 1.82) is 0 Å². The Labute approximate surface area is 147 Å². The normalized spacial score (nSPS) is 22.2. The molecule has 1 unspecified atom stereocenters. The number of rotatable bonds is 6. The quantitative estimate of drug-likeness (QED) is 0.596. The minimum atomic E-state index is -0.542. The number of hydrogen-bond acceptors (Lipinski definition) is 5. The molecule has 0 bridgehead atoms. The average Bonchev–Trinajstić information content (AvgIpc) is 2.98. The van der Waals surface area contributed by atoms with E-state index in [1.54, 1.807) is 6.08 Å². The fourth-order valence-corrected chi connectivity index (χ4v) is 2.71. The number of nitrogens with zero attached hydrogens (tertiary/aromatic N) is 1. The van der Waals surface area contributed by atoms with E-state index in [9.17, 15) is 4.79 Å². The van der Waals surface area contributed by atoms with Crippen LogP contribution in [0.15, 0.2) is 53.5 Å². The standard InChI is InChI=1S/C20H21NO4/c1-14-3-7-16(8-4-14)23-12-19-18(11-20(25-19)21-13-22)24-17-9-5-15(2)6-10-17/h3-10,18-20H,11-12H2,1-2H3/t18-,19+,20?/m0/s1. The molecule has 5 heteroatoms. The van der Waals surface area contributed by atoms with E-state index >= 15 is 0 Å². The molecule has 3 rings (SSSR count). The number of isocyanates is 1. The van der Waals surface area contributed by atoms with Crippen molar-refractivity contribution in [2.75, 3.05) is 6.61 Å². The highest BCUT2D eigenvalue weighted by molar-refractivity contribution is 5.33. The molecule has 25 heavy (non-hydrogen) atoms. The van der Waals surface area contributed by atoms with Crippen LogP contribution in [0.5, 0.6) is 11.5 Å². The number of benzene rings is 2. The fourth-order valence-electron chi connectivity index (χ4n) is 2.71. The molecule has 2 aromatic carbocycles. The number of carbonyl (C=O) groups excluding carboxylic acids is 1. The molecular formula is C20H21NO4. The van der Waals surface area contributed by atoms with Crippen molar-refractivity contribution in [2.45, 2.75) is 38.7 Å². The van der Waals surface area contributed by atoms with Crippen molar-refractivity contribution in [2.24, 2.45) is 4.99 Å². The third kappa shape index (κ3) is 4.69. The Morgan fingerprint density at radius 1 is 1.04 bits per heavy atom. The predicted octanol–water partition coefficient (Wildman–Crippen LogP) is 3.58. The molecule has 1 heterocycles. The summed E-state index contributed by atoms with van der Waals surface area (Å²) in [5, 5.41) is 0. The van der Waals surface area contributed by atoms with Crippen LogP contribution in [0.1, 0.15) is 17.5 Å². The van der Waals surface area contributed by atoms with Gasteiger partial charge in [-0.25, -0.2) is 4.79 Å². The molecule has 130 valence electrons. The van der Waals surface area contributed by atoms with E-state index in [2.05, 4.69) is 4.99 Å². The van der Waals surface area contributed by atoms with Gasteiger partial charge in [0.15, 0.2) is 6.23 Å². The van der Waals surface area contributed by atoms with Crippen LogP contribution in [-0.4, -0.2) is 31.1 Å². The highest BCUT2D eigenvalue weighted by Gasteiger charge is 2.37. The lowest BCUT2D eigenvalue weighted by Crippen LogP contribution is -2.32. The van der Waals surface area contributed by atoms with Gasteiger partial charge in [0.05, 0.1) is 0 Å². The maximum atomic E-state index is 10.5. The van der Waals surface area contributed by atoms with Crippen LogP contribution in [0.4, 0.5) is 0 Å². The highest BCUT2D eigenvalue weighted by Crippen LogP contribution is 2.27. The van der Waals surface area contributed by atoms with Crippen LogP contribution in [0.2, 0.25) is 0 Å². The highest BCUT2D eigenvalue weighted by atomic mass is 16.6. The zero-order valence-corrected chi connectivity index (χ0v) is 14.3. The summed E-state index contributed by atoms with van der Waals surface area (Å²) in [6.45, 7) is 4.37. The Morgan fingerprint density at radius 3 is 2.24 bits per heavy atom. The van der Waals surface area contributed by atoms with E-state index in [1.165, 1.54) is 5.56 Å². The summed E-state index contributed by atoms with van der Waals surface area (Å²) in [5.41, 5.74) is 2.34. The van der Waals surface area contributed by atoms with E-state index in [0.717, 1.165) is 17.1 Å². The molecule has 1 fully saturated rings. The number of hydrogen-bond donors (Lipinski definition) is 0. The molecule has 1 saturated heterocycles. The lowest BCUT2D eigenvalue weighted by Gasteiger charge is -2.20. The molecule has 0 amide bonds. The van der Waals surface area contributed by atoms with Crippen LogP contribution in [0.25, 0.3) is 0 Å². The third-order valence-electron chi connectivity index (χ3n) is 4.12. The van der Waals surface area contributed by atoms with E-state index in [0.29, 0.717) is 13.0 Å². The van der Waals surface area contributed by atoms with E-state index in [1.807, 2.05) is 62.4 Å². The lowest BCUT2D eigenvalue weighted by molar-refractivity contribution is -0.00712. The van der Waals surface area contributed by atoms with E-state index in [-0.39, 0.29) is 12.2 Å². The maximum Gasteiger partial charge on any atom is 0.237 e. The minimum Gasteiger partial charge on any atom is -0.491 e. The Hall–Kier alpha value is -2.62. The van der Waals surface area contributed by atoms with Gasteiger partial charge in [-0.15, -0.1) is 0 Å². The molecule has 1 aliphatic rings. The van der Waals surface area contributed by atoms with Crippen LogP contribution >= 0.6 is 0 Å². The van der Waals surface area contributed by atoms with Gasteiger partial charge in [-0.1, -0.05) is 35.4 Å². The summed E-state index contributed by atoms with van der Waals surface area (Å²) < 4.78 is 17.6. The van der Waals surface area contributed by atoms with Gasteiger partial charge in [0, 0.05) is 6.42 Å². The van der Waals surface area contributed by atoms with Gasteiger partial charge < -0.3 is 14.2 Å². The molecule has 0 spiro atoms. The molecule has 0 radical (unpaired) electrons. The molecule has 1 aliphatic heterocycles. The topological polar surface area (TPSA) is 57.1 Å². The largest absolute Gasteiger partial charge is 0.491 e. The van der Waals surface area contributed by atoms with Gasteiger partial charge >= 0.3 is 0 Å². The van der Waals surface area contributed by atoms with Crippen LogP contribution in [-0.2, 0) is 9.53 Å². The van der Waals surface area contributed by atoms with Gasteiger partial charge in [-0.2, -0.15) is 4.99 Å².